The van der Waals surface area contributed by atoms with Crippen LogP contribution in [0.5, 0.6) is 0 Å². The van der Waals surface area contributed by atoms with Crippen molar-refractivity contribution in [1.29, 1.82) is 0 Å². The number of carboxylic acid groups (broad SMARTS) is 1. The molecule has 0 saturated carbocycles. The number of alkyl halides is 3. The summed E-state index contributed by atoms with van der Waals surface area (Å²) < 4.78 is 42.4. The summed E-state index contributed by atoms with van der Waals surface area (Å²) in [5.41, 5.74) is 2.12. The summed E-state index contributed by atoms with van der Waals surface area (Å²) in [7, 11) is 0. The fourth-order valence-electron chi connectivity index (χ4n) is 3.01. The lowest BCUT2D eigenvalue weighted by molar-refractivity contribution is -0.205. The summed E-state index contributed by atoms with van der Waals surface area (Å²) in [6.45, 7) is 0. The van der Waals surface area contributed by atoms with E-state index in [9.17, 15) is 22.8 Å². The third-order valence-electron chi connectivity index (χ3n) is 4.53. The van der Waals surface area contributed by atoms with Gasteiger partial charge in [0.1, 0.15) is 6.10 Å². The summed E-state index contributed by atoms with van der Waals surface area (Å²) in [6, 6.07) is 15.9. The first-order valence-electron chi connectivity index (χ1n) is 9.39. The van der Waals surface area contributed by atoms with Crippen LogP contribution in [0.3, 0.4) is 0 Å². The minimum atomic E-state index is -5.01. The number of rotatable bonds is 10. The molecule has 0 saturated heterocycles. The van der Waals surface area contributed by atoms with Crippen molar-refractivity contribution >= 4 is 11.9 Å². The molecule has 7 heteroatoms. The Morgan fingerprint density at radius 2 is 1.38 bits per heavy atom. The molecule has 2 aromatic rings. The molecule has 1 N–H and O–H groups in total. The quantitative estimate of drug-likeness (QED) is 0.549. The van der Waals surface area contributed by atoms with Gasteiger partial charge in [-0.15, -0.1) is 0 Å². The Morgan fingerprint density at radius 1 is 0.862 bits per heavy atom. The van der Waals surface area contributed by atoms with Gasteiger partial charge in [-0.1, -0.05) is 42.5 Å². The molecule has 2 aromatic carbocycles. The van der Waals surface area contributed by atoms with Crippen LogP contribution in [0.15, 0.2) is 54.6 Å². The second-order valence-electron chi connectivity index (χ2n) is 6.80. The van der Waals surface area contributed by atoms with E-state index in [0.717, 1.165) is 11.1 Å². The third kappa shape index (κ3) is 7.97. The van der Waals surface area contributed by atoms with E-state index >= 15 is 0 Å². The molecule has 1 atom stereocenters. The maximum atomic E-state index is 12.6. The zero-order valence-electron chi connectivity index (χ0n) is 15.8. The van der Waals surface area contributed by atoms with Crippen molar-refractivity contribution in [2.75, 3.05) is 0 Å². The number of carbonyl (C=O) groups is 2. The average Bonchev–Trinajstić information content (AvgIpc) is 2.68. The van der Waals surface area contributed by atoms with Crippen LogP contribution in [0.2, 0.25) is 0 Å². The monoisotopic (exact) mass is 408 g/mol. The van der Waals surface area contributed by atoms with E-state index < -0.39 is 24.2 Å². The van der Waals surface area contributed by atoms with E-state index in [2.05, 4.69) is 0 Å². The normalized spacial score (nSPS) is 12.4. The number of aryl methyl sites for hydroxylation is 2. The molecule has 0 heterocycles. The van der Waals surface area contributed by atoms with Gasteiger partial charge in [0.2, 0.25) is 0 Å². The Balaban J connectivity index is 1.87. The first-order chi connectivity index (χ1) is 13.8. The molecular weight excluding hydrogens is 385 g/mol. The van der Waals surface area contributed by atoms with Crippen LogP contribution < -0.4 is 0 Å². The molecule has 156 valence electrons. The number of carboxylic acids is 1. The number of hydrogen-bond acceptors (Lipinski definition) is 3. The number of halogens is 3. The smallest absolute Gasteiger partial charge is 0.478 e. The lowest BCUT2D eigenvalue weighted by Crippen LogP contribution is -2.30. The molecule has 0 spiro atoms. The zero-order chi connectivity index (χ0) is 21.3. The van der Waals surface area contributed by atoms with Crippen molar-refractivity contribution in [1.82, 2.24) is 0 Å². The maximum absolute atomic E-state index is 12.6. The van der Waals surface area contributed by atoms with Crippen molar-refractivity contribution < 1.29 is 32.6 Å². The van der Waals surface area contributed by atoms with Crippen molar-refractivity contribution in [2.24, 2.45) is 0 Å². The lowest BCUT2D eigenvalue weighted by Gasteiger charge is -2.19. The highest BCUT2D eigenvalue weighted by Crippen LogP contribution is 2.22. The summed E-state index contributed by atoms with van der Waals surface area (Å²) in [5.74, 6) is -3.18. The molecule has 0 bridgehead atoms. The second-order valence-corrected chi connectivity index (χ2v) is 6.80. The Hall–Kier alpha value is -2.83. The minimum absolute atomic E-state index is 0.173. The van der Waals surface area contributed by atoms with Crippen LogP contribution in [-0.4, -0.2) is 29.3 Å². The molecule has 0 aliphatic heterocycles. The molecule has 4 nitrogen and oxygen atoms in total. The van der Waals surface area contributed by atoms with Gasteiger partial charge < -0.3 is 9.84 Å². The molecule has 0 aliphatic carbocycles. The summed E-state index contributed by atoms with van der Waals surface area (Å²) in [4.78, 5) is 22.1. The number of carbonyl (C=O) groups excluding carboxylic acids is 1. The van der Waals surface area contributed by atoms with Gasteiger partial charge >= 0.3 is 18.1 Å². The Bertz CT molecular complexity index is 786. The molecular formula is C22H23F3O4. The van der Waals surface area contributed by atoms with E-state index in [0.29, 0.717) is 38.5 Å². The molecule has 0 fully saturated rings. The topological polar surface area (TPSA) is 63.6 Å². The van der Waals surface area contributed by atoms with Crippen molar-refractivity contribution in [2.45, 2.75) is 50.8 Å². The SMILES string of the molecule is O=C(O)c1ccc(CCCC(CCCc2ccccc2)OC(=O)C(F)(F)F)cc1. The van der Waals surface area contributed by atoms with Crippen molar-refractivity contribution in [3.8, 4) is 0 Å². The third-order valence-corrected chi connectivity index (χ3v) is 4.53. The van der Waals surface area contributed by atoms with Gasteiger partial charge in [0.05, 0.1) is 5.56 Å². The van der Waals surface area contributed by atoms with Crippen LogP contribution in [0.25, 0.3) is 0 Å². The van der Waals surface area contributed by atoms with Gasteiger partial charge in [-0.3, -0.25) is 0 Å². The average molecular weight is 408 g/mol. The van der Waals surface area contributed by atoms with E-state index in [1.165, 1.54) is 12.1 Å². The molecule has 0 amide bonds. The van der Waals surface area contributed by atoms with Gasteiger partial charge in [0.25, 0.3) is 0 Å². The van der Waals surface area contributed by atoms with Gasteiger partial charge in [-0.05, 0) is 61.8 Å². The van der Waals surface area contributed by atoms with Crippen LogP contribution >= 0.6 is 0 Å². The van der Waals surface area contributed by atoms with Crippen LogP contribution in [0.4, 0.5) is 13.2 Å². The first kappa shape index (κ1) is 22.5. The number of ether oxygens (including phenoxy) is 1. The fourth-order valence-corrected chi connectivity index (χ4v) is 3.01. The number of aromatic carboxylic acids is 1. The molecule has 0 aromatic heterocycles. The number of benzene rings is 2. The van der Waals surface area contributed by atoms with Gasteiger partial charge in [-0.2, -0.15) is 13.2 Å². The predicted molar refractivity (Wildman–Crippen MR) is 102 cm³/mol. The van der Waals surface area contributed by atoms with Crippen LogP contribution in [0.1, 0.15) is 47.2 Å². The predicted octanol–water partition coefficient (Wildman–Crippen LogP) is 5.20. The summed E-state index contributed by atoms with van der Waals surface area (Å²) >= 11 is 0. The standard InChI is InChI=1S/C22H23F3O4/c23-22(24,25)21(28)29-19(10-4-8-16-6-2-1-3-7-16)11-5-9-17-12-14-18(15-13-17)20(26)27/h1-3,6-7,12-15,19H,4-5,8-11H2,(H,26,27). The highest BCUT2D eigenvalue weighted by atomic mass is 19.4. The Kier molecular flexibility index (Phi) is 8.24. The first-order valence-corrected chi connectivity index (χ1v) is 9.39. The van der Waals surface area contributed by atoms with Gasteiger partial charge in [0, 0.05) is 0 Å². The van der Waals surface area contributed by atoms with Gasteiger partial charge in [0.15, 0.2) is 0 Å². The highest BCUT2D eigenvalue weighted by Gasteiger charge is 2.42. The molecule has 29 heavy (non-hydrogen) atoms. The fraction of sp³-hybridized carbons (Fsp3) is 0.364. The summed E-state index contributed by atoms with van der Waals surface area (Å²) in [6.07, 6.45) is -2.81. The number of esters is 1. The van der Waals surface area contributed by atoms with Crippen molar-refractivity contribution in [3.63, 3.8) is 0 Å². The largest absolute Gasteiger partial charge is 0.490 e. The van der Waals surface area contributed by atoms with Crippen molar-refractivity contribution in [3.05, 3.63) is 71.3 Å². The van der Waals surface area contributed by atoms with E-state index in [4.69, 9.17) is 9.84 Å². The lowest BCUT2D eigenvalue weighted by atomic mass is 10.0. The molecule has 0 aliphatic rings. The summed E-state index contributed by atoms with van der Waals surface area (Å²) in [5, 5.41) is 8.90. The second kappa shape index (κ2) is 10.6. The van der Waals surface area contributed by atoms with Gasteiger partial charge in [-0.25, -0.2) is 9.59 Å². The molecule has 1 unspecified atom stereocenters. The Morgan fingerprint density at radius 3 is 1.86 bits per heavy atom. The molecule has 2 rings (SSSR count). The van der Waals surface area contributed by atoms with E-state index in [1.807, 2.05) is 30.3 Å². The number of hydrogen-bond donors (Lipinski definition) is 1. The Labute approximate surface area is 167 Å². The minimum Gasteiger partial charge on any atom is -0.478 e. The highest BCUT2D eigenvalue weighted by molar-refractivity contribution is 5.87. The van der Waals surface area contributed by atoms with Crippen LogP contribution in [0, 0.1) is 0 Å². The maximum Gasteiger partial charge on any atom is 0.490 e. The molecule has 0 radical (unpaired) electrons. The van der Waals surface area contributed by atoms with Crippen LogP contribution in [-0.2, 0) is 22.4 Å². The van der Waals surface area contributed by atoms with E-state index in [1.54, 1.807) is 12.1 Å². The van der Waals surface area contributed by atoms with E-state index in [-0.39, 0.29) is 5.56 Å². The zero-order valence-corrected chi connectivity index (χ0v) is 15.8.